The minimum Gasteiger partial charge on any atom is -0.484 e. The van der Waals surface area contributed by atoms with E-state index in [0.29, 0.717) is 43.2 Å². The highest BCUT2D eigenvalue weighted by Crippen LogP contribution is 2.30. The molecule has 4 fully saturated rings. The van der Waals surface area contributed by atoms with Gasteiger partial charge in [0.1, 0.15) is 5.75 Å². The molecule has 1 aromatic carbocycles. The topological polar surface area (TPSA) is 111 Å². The van der Waals surface area contributed by atoms with Crippen LogP contribution in [0.5, 0.6) is 5.75 Å². The van der Waals surface area contributed by atoms with Gasteiger partial charge in [-0.15, -0.1) is 0 Å². The first-order valence-electron chi connectivity index (χ1n) is 15.0. The Kier molecular flexibility index (Phi) is 9.24. The van der Waals surface area contributed by atoms with Gasteiger partial charge in [0.05, 0.1) is 5.69 Å². The average Bonchev–Trinajstić information content (AvgIpc) is 2.97. The fourth-order valence-electron chi connectivity index (χ4n) is 6.61. The van der Waals surface area contributed by atoms with Crippen LogP contribution in [-0.4, -0.2) is 85.0 Å². The van der Waals surface area contributed by atoms with E-state index in [-0.39, 0.29) is 36.7 Å². The first kappa shape index (κ1) is 28.4. The van der Waals surface area contributed by atoms with Crippen molar-refractivity contribution in [3.8, 4) is 5.75 Å². The van der Waals surface area contributed by atoms with Crippen LogP contribution in [-0.2, 0) is 14.4 Å². The van der Waals surface area contributed by atoms with Crippen LogP contribution in [0.4, 0.5) is 10.5 Å². The van der Waals surface area contributed by atoms with E-state index in [0.717, 1.165) is 57.2 Å². The second-order valence-corrected chi connectivity index (χ2v) is 11.8. The number of amides is 5. The van der Waals surface area contributed by atoms with E-state index in [1.54, 1.807) is 12.1 Å². The lowest BCUT2D eigenvalue weighted by atomic mass is 9.84. The van der Waals surface area contributed by atoms with Crippen molar-refractivity contribution in [2.24, 2.45) is 5.92 Å². The van der Waals surface area contributed by atoms with Crippen LogP contribution < -0.4 is 20.3 Å². The van der Waals surface area contributed by atoms with Gasteiger partial charge in [-0.1, -0.05) is 25.3 Å². The molecule has 0 spiro atoms. The normalized spacial score (nSPS) is 24.9. The molecule has 2 N–H and O–H groups in total. The largest absolute Gasteiger partial charge is 0.484 e. The fourth-order valence-corrected chi connectivity index (χ4v) is 6.61. The Morgan fingerprint density at radius 1 is 0.950 bits per heavy atom. The molecule has 4 aliphatic rings. The van der Waals surface area contributed by atoms with Crippen molar-refractivity contribution in [3.05, 3.63) is 23.8 Å². The monoisotopic (exact) mass is 553 g/mol. The summed E-state index contributed by atoms with van der Waals surface area (Å²) in [5.41, 5.74) is 1.56. The first-order chi connectivity index (χ1) is 19.4. The summed E-state index contributed by atoms with van der Waals surface area (Å²) in [6.45, 7) is 5.17. The predicted octanol–water partition coefficient (Wildman–Crippen LogP) is 2.97. The quantitative estimate of drug-likeness (QED) is 0.537. The second kappa shape index (κ2) is 13.0. The second-order valence-electron chi connectivity index (χ2n) is 11.8. The van der Waals surface area contributed by atoms with Crippen molar-refractivity contribution in [3.63, 3.8) is 0 Å². The summed E-state index contributed by atoms with van der Waals surface area (Å²) >= 11 is 0. The molecule has 0 unspecified atom stereocenters. The number of aryl methyl sites for hydroxylation is 1. The Hall–Kier alpha value is -3.14. The van der Waals surface area contributed by atoms with Crippen molar-refractivity contribution >= 4 is 29.4 Å². The van der Waals surface area contributed by atoms with E-state index in [1.807, 2.05) is 17.9 Å². The van der Waals surface area contributed by atoms with E-state index in [1.165, 1.54) is 24.2 Å². The lowest BCUT2D eigenvalue weighted by Crippen LogP contribution is -2.53. The van der Waals surface area contributed by atoms with Crippen LogP contribution in [0.25, 0.3) is 0 Å². The smallest absolute Gasteiger partial charge is 0.328 e. The van der Waals surface area contributed by atoms with E-state index in [4.69, 9.17) is 4.74 Å². The fraction of sp³-hybridized carbons (Fsp3) is 0.667. The number of carbonyl (C=O) groups excluding carboxylic acids is 4. The third-order valence-electron chi connectivity index (χ3n) is 9.09. The van der Waals surface area contributed by atoms with E-state index >= 15 is 0 Å². The van der Waals surface area contributed by atoms with E-state index < -0.39 is 6.03 Å². The van der Waals surface area contributed by atoms with Crippen LogP contribution in [0.1, 0.15) is 69.8 Å². The maximum atomic E-state index is 12.9. The van der Waals surface area contributed by atoms with Gasteiger partial charge in [-0.05, 0) is 57.1 Å². The first-order valence-corrected chi connectivity index (χ1v) is 15.0. The molecule has 0 radical (unpaired) electrons. The summed E-state index contributed by atoms with van der Waals surface area (Å²) in [4.78, 5) is 55.3. The Bertz CT molecular complexity index is 1090. The number of rotatable bonds is 7. The molecule has 2 aliphatic carbocycles. The van der Waals surface area contributed by atoms with Crippen molar-refractivity contribution in [2.75, 3.05) is 44.2 Å². The molecule has 218 valence electrons. The molecule has 10 nitrogen and oxygen atoms in total. The lowest BCUT2D eigenvalue weighted by Gasteiger charge is -2.42. The van der Waals surface area contributed by atoms with Crippen LogP contribution in [0, 0.1) is 12.8 Å². The van der Waals surface area contributed by atoms with E-state index in [2.05, 4.69) is 15.5 Å². The van der Waals surface area contributed by atoms with Crippen LogP contribution >= 0.6 is 0 Å². The highest BCUT2D eigenvalue weighted by molar-refractivity contribution is 6.06. The van der Waals surface area contributed by atoms with Crippen molar-refractivity contribution < 1.29 is 23.9 Å². The van der Waals surface area contributed by atoms with Gasteiger partial charge in [0.15, 0.2) is 6.61 Å². The molecule has 2 saturated heterocycles. The number of piperazine rings is 1. The minimum absolute atomic E-state index is 0.0498. The minimum atomic E-state index is -0.443. The standard InChI is InChI=1S/C30H43N5O5/c1-21-7-12-25(19-26(21)35-14-13-27(36)32-30(35)39)40-20-28(37)34-17-15-33(16-18-34)24-10-8-22(9-11-24)29(38)31-23-5-3-2-4-6-23/h7,12,19,22-24H,2-6,8-11,13-18,20H2,1H3,(H,31,38)(H,32,36,39). The van der Waals surface area contributed by atoms with Crippen LogP contribution in [0.3, 0.4) is 0 Å². The summed E-state index contributed by atoms with van der Waals surface area (Å²) in [5.74, 6) is 0.595. The van der Waals surface area contributed by atoms with Gasteiger partial charge in [-0.3, -0.25) is 29.5 Å². The Balaban J connectivity index is 1.04. The zero-order chi connectivity index (χ0) is 28.1. The summed E-state index contributed by atoms with van der Waals surface area (Å²) < 4.78 is 5.83. The van der Waals surface area contributed by atoms with Crippen molar-refractivity contribution in [2.45, 2.75) is 83.2 Å². The SMILES string of the molecule is Cc1ccc(OCC(=O)N2CCN(C3CCC(C(=O)NC4CCCCC4)CC3)CC2)cc1N1CCC(=O)NC1=O. The van der Waals surface area contributed by atoms with Gasteiger partial charge in [-0.2, -0.15) is 0 Å². The van der Waals surface area contributed by atoms with Gasteiger partial charge >= 0.3 is 6.03 Å². The van der Waals surface area contributed by atoms with Crippen molar-refractivity contribution in [1.29, 1.82) is 0 Å². The Morgan fingerprint density at radius 3 is 2.38 bits per heavy atom. The van der Waals surface area contributed by atoms with Crippen LogP contribution in [0.2, 0.25) is 0 Å². The number of benzene rings is 1. The number of urea groups is 1. The molecule has 2 saturated carbocycles. The third kappa shape index (κ3) is 6.95. The average molecular weight is 554 g/mol. The van der Waals surface area contributed by atoms with Gasteiger partial charge in [-0.25, -0.2) is 4.79 Å². The van der Waals surface area contributed by atoms with Crippen molar-refractivity contribution in [1.82, 2.24) is 20.4 Å². The molecule has 2 aliphatic heterocycles. The molecule has 5 rings (SSSR count). The Labute approximate surface area is 236 Å². The molecule has 2 heterocycles. The summed E-state index contributed by atoms with van der Waals surface area (Å²) in [6.07, 6.45) is 10.2. The highest BCUT2D eigenvalue weighted by atomic mass is 16.5. The van der Waals surface area contributed by atoms with E-state index in [9.17, 15) is 19.2 Å². The molecule has 1 aromatic rings. The molecule has 0 aromatic heterocycles. The zero-order valence-corrected chi connectivity index (χ0v) is 23.7. The number of nitrogens with one attached hydrogen (secondary N) is 2. The van der Waals surface area contributed by atoms with Gasteiger partial charge < -0.3 is 15.0 Å². The molecule has 0 bridgehead atoms. The van der Waals surface area contributed by atoms with Gasteiger partial charge in [0, 0.05) is 63.2 Å². The maximum Gasteiger partial charge on any atom is 0.328 e. The third-order valence-corrected chi connectivity index (χ3v) is 9.09. The molecule has 0 atom stereocenters. The summed E-state index contributed by atoms with van der Waals surface area (Å²) in [7, 11) is 0. The number of hydrogen-bond acceptors (Lipinski definition) is 6. The molecular weight excluding hydrogens is 510 g/mol. The molecule has 10 heteroatoms. The van der Waals surface area contributed by atoms with Crippen LogP contribution in [0.15, 0.2) is 18.2 Å². The predicted molar refractivity (Wildman–Crippen MR) is 151 cm³/mol. The highest BCUT2D eigenvalue weighted by Gasteiger charge is 2.33. The molecule has 5 amide bonds. The number of anilines is 1. The van der Waals surface area contributed by atoms with Gasteiger partial charge in [0.25, 0.3) is 5.91 Å². The van der Waals surface area contributed by atoms with Gasteiger partial charge in [0.2, 0.25) is 11.8 Å². The Morgan fingerprint density at radius 2 is 1.68 bits per heavy atom. The summed E-state index contributed by atoms with van der Waals surface area (Å²) in [6, 6.07) is 5.82. The molecule has 40 heavy (non-hydrogen) atoms. The summed E-state index contributed by atoms with van der Waals surface area (Å²) in [5, 5.41) is 5.65. The number of imide groups is 1. The number of carbonyl (C=O) groups is 4. The number of hydrogen-bond donors (Lipinski definition) is 2. The number of nitrogens with zero attached hydrogens (tertiary/aromatic N) is 3. The molecular formula is C30H43N5O5. The number of ether oxygens (including phenoxy) is 1. The maximum absolute atomic E-state index is 12.9. The lowest BCUT2D eigenvalue weighted by molar-refractivity contribution is -0.136. The zero-order valence-electron chi connectivity index (χ0n) is 23.7.